The van der Waals surface area contributed by atoms with E-state index in [0.717, 1.165) is 0 Å². The summed E-state index contributed by atoms with van der Waals surface area (Å²) in [5, 5.41) is 0.154. The molecule has 1 rings (SSSR count). The molecule has 0 spiro atoms. The van der Waals surface area contributed by atoms with Crippen molar-refractivity contribution in [2.45, 2.75) is 5.75 Å². The van der Waals surface area contributed by atoms with E-state index in [0.29, 0.717) is 11.1 Å². The smallest absolute Gasteiger partial charge is 0.339 e. The van der Waals surface area contributed by atoms with Gasteiger partial charge in [0.15, 0.2) is 0 Å². The van der Waals surface area contributed by atoms with Gasteiger partial charge in [-0.25, -0.2) is 13.2 Å². The number of methoxy groups -OCH3 is 1. The third-order valence-corrected chi connectivity index (χ3v) is 3.19. The minimum Gasteiger partial charge on any atom is -0.465 e. The molecule has 0 heterocycles. The number of benzene rings is 1. The predicted octanol–water partition coefficient (Wildman–Crippen LogP) is 1.88. The number of carbonyl (C=O) groups is 1. The number of hydrogen-bond acceptors (Lipinski definition) is 4. The van der Waals surface area contributed by atoms with Crippen molar-refractivity contribution in [3.8, 4) is 0 Å². The molecule has 0 saturated carbocycles. The van der Waals surface area contributed by atoms with Crippen molar-refractivity contribution in [2.24, 2.45) is 0 Å². The summed E-state index contributed by atoms with van der Waals surface area (Å²) in [6, 6.07) is 2.97. The molecule has 0 fully saturated rings. The first-order chi connectivity index (χ1) is 8.01. The van der Waals surface area contributed by atoms with E-state index in [1.807, 2.05) is 0 Å². The number of hydrogen-bond donors (Lipinski definition) is 1. The Labute approximate surface area is 106 Å². The number of rotatable bonds is 4. The van der Waals surface area contributed by atoms with Crippen LogP contribution in [0.25, 0.3) is 6.08 Å². The van der Waals surface area contributed by atoms with E-state index in [9.17, 15) is 13.2 Å². The van der Waals surface area contributed by atoms with Crippen LogP contribution < -0.4 is 0 Å². The highest BCUT2D eigenvalue weighted by atomic mass is 35.5. The largest absolute Gasteiger partial charge is 0.465 e. The molecule has 17 heavy (non-hydrogen) atoms. The highest BCUT2D eigenvalue weighted by Gasteiger charge is 2.15. The zero-order valence-corrected chi connectivity index (χ0v) is 10.8. The van der Waals surface area contributed by atoms with Gasteiger partial charge in [0, 0.05) is 0 Å². The molecule has 0 saturated heterocycles. The van der Waals surface area contributed by atoms with Crippen molar-refractivity contribution in [2.75, 3.05) is 7.11 Å². The van der Waals surface area contributed by atoms with Crippen LogP contribution in [0, 0.1) is 0 Å². The van der Waals surface area contributed by atoms with Gasteiger partial charge in [-0.1, -0.05) is 30.3 Å². The van der Waals surface area contributed by atoms with E-state index < -0.39 is 16.7 Å². The normalized spacial score (nSPS) is 10.3. The Balaban J connectivity index is 3.36. The summed E-state index contributed by atoms with van der Waals surface area (Å²) in [4.78, 5) is 11.4. The Bertz CT molecular complexity index is 527. The lowest BCUT2D eigenvalue weighted by Crippen LogP contribution is -2.04. The van der Waals surface area contributed by atoms with Gasteiger partial charge in [-0.3, -0.25) is 0 Å². The van der Waals surface area contributed by atoms with Crippen LogP contribution in [0.5, 0.6) is 0 Å². The molecule has 1 aromatic carbocycles. The van der Waals surface area contributed by atoms with Crippen LogP contribution in [0.2, 0.25) is 5.02 Å². The molecule has 0 aliphatic carbocycles. The second-order valence-corrected chi connectivity index (χ2v) is 4.55. The fourth-order valence-electron chi connectivity index (χ4n) is 1.40. The summed E-state index contributed by atoms with van der Waals surface area (Å²) in [7, 11) is -1.32. The first-order valence-electron chi connectivity index (χ1n) is 4.65. The molecule has 0 aromatic heterocycles. The molecular formula is C11H11ClO4S. The molecule has 0 N–H and O–H groups in total. The first kappa shape index (κ1) is 13.7. The summed E-state index contributed by atoms with van der Waals surface area (Å²) in [5.41, 5.74) is 1.14. The number of carbonyl (C=O) groups excluding carboxylic acids is 1. The summed E-state index contributed by atoms with van der Waals surface area (Å²) >= 11 is 6.00. The Hall–Kier alpha value is -1.33. The first-order valence-corrected chi connectivity index (χ1v) is 6.39. The van der Waals surface area contributed by atoms with Crippen molar-refractivity contribution in [3.05, 3.63) is 40.4 Å². The van der Waals surface area contributed by atoms with E-state index in [1.165, 1.54) is 25.3 Å². The molecule has 92 valence electrons. The van der Waals surface area contributed by atoms with Gasteiger partial charge >= 0.3 is 5.97 Å². The van der Waals surface area contributed by atoms with Gasteiger partial charge in [-0.05, 0) is 17.2 Å². The highest BCUT2D eigenvalue weighted by Crippen LogP contribution is 2.27. The summed E-state index contributed by atoms with van der Waals surface area (Å²) < 4.78 is 25.9. The fourth-order valence-corrected chi connectivity index (χ4v) is 2.29. The second kappa shape index (κ2) is 5.84. The number of thiol groups is 1. The van der Waals surface area contributed by atoms with Crippen molar-refractivity contribution in [1.82, 2.24) is 0 Å². The van der Waals surface area contributed by atoms with Crippen LogP contribution in [0.3, 0.4) is 0 Å². The highest BCUT2D eigenvalue weighted by molar-refractivity contribution is 7.71. The average Bonchev–Trinajstić information content (AvgIpc) is 2.28. The molecule has 0 aliphatic heterocycles. The number of esters is 1. The van der Waals surface area contributed by atoms with Gasteiger partial charge in [-0.15, -0.1) is 0 Å². The standard InChI is InChI=1S/C11H11ClO4S/c1-3-8-7(6-17(14)15)4-5-9(10(8)12)11(13)16-2/h3-5,17H,1,6H2,2H3. The number of ether oxygens (including phenoxy) is 1. The fraction of sp³-hybridized carbons (Fsp3) is 0.182. The lowest BCUT2D eigenvalue weighted by Gasteiger charge is -2.09. The van der Waals surface area contributed by atoms with Crippen molar-refractivity contribution >= 4 is 34.4 Å². The summed E-state index contributed by atoms with van der Waals surface area (Å²) in [5.74, 6) is -0.714. The number of halogens is 1. The molecule has 1 aromatic rings. The molecule has 0 atom stereocenters. The van der Waals surface area contributed by atoms with E-state index in [1.54, 1.807) is 0 Å². The Morgan fingerprint density at radius 3 is 2.65 bits per heavy atom. The molecule has 0 bridgehead atoms. The second-order valence-electron chi connectivity index (χ2n) is 3.19. The predicted molar refractivity (Wildman–Crippen MR) is 66.9 cm³/mol. The summed E-state index contributed by atoms with van der Waals surface area (Å²) in [6.07, 6.45) is 1.42. The zero-order chi connectivity index (χ0) is 13.0. The molecular weight excluding hydrogens is 264 g/mol. The van der Waals surface area contributed by atoms with Crippen LogP contribution in [0.1, 0.15) is 21.5 Å². The SMILES string of the molecule is C=Cc1c(C[SH](=O)=O)ccc(C(=O)OC)c1Cl. The maximum Gasteiger partial charge on any atom is 0.339 e. The van der Waals surface area contributed by atoms with Crippen molar-refractivity contribution in [3.63, 3.8) is 0 Å². The Morgan fingerprint density at radius 1 is 1.53 bits per heavy atom. The van der Waals surface area contributed by atoms with Crippen LogP contribution in [0.4, 0.5) is 0 Å². The maximum absolute atomic E-state index is 11.4. The van der Waals surface area contributed by atoms with Gasteiger partial charge in [0.1, 0.15) is 10.7 Å². The average molecular weight is 275 g/mol. The molecule has 0 unspecified atom stereocenters. The Kier molecular flexibility index (Phi) is 4.72. The van der Waals surface area contributed by atoms with E-state index in [2.05, 4.69) is 11.3 Å². The molecule has 0 amide bonds. The third kappa shape index (κ3) is 3.08. The quantitative estimate of drug-likeness (QED) is 0.673. The van der Waals surface area contributed by atoms with Crippen molar-refractivity contribution in [1.29, 1.82) is 0 Å². The molecule has 0 radical (unpaired) electrons. The minimum absolute atomic E-state index is 0.141. The van der Waals surface area contributed by atoms with Gasteiger partial charge in [0.2, 0.25) is 0 Å². The topological polar surface area (TPSA) is 60.4 Å². The van der Waals surface area contributed by atoms with Gasteiger partial charge < -0.3 is 4.74 Å². The lowest BCUT2D eigenvalue weighted by atomic mass is 10.0. The third-order valence-electron chi connectivity index (χ3n) is 2.18. The van der Waals surface area contributed by atoms with Crippen LogP contribution >= 0.6 is 11.6 Å². The van der Waals surface area contributed by atoms with Gasteiger partial charge in [0.05, 0.1) is 23.4 Å². The van der Waals surface area contributed by atoms with Crippen molar-refractivity contribution < 1.29 is 17.9 Å². The lowest BCUT2D eigenvalue weighted by molar-refractivity contribution is 0.0601. The molecule has 0 aliphatic rings. The van der Waals surface area contributed by atoms with Crippen LogP contribution in [-0.4, -0.2) is 21.5 Å². The van der Waals surface area contributed by atoms with E-state index >= 15 is 0 Å². The molecule has 6 heteroatoms. The van der Waals surface area contributed by atoms with Crippen LogP contribution in [-0.2, 0) is 21.2 Å². The molecule has 4 nitrogen and oxygen atoms in total. The minimum atomic E-state index is -2.56. The monoisotopic (exact) mass is 274 g/mol. The Morgan fingerprint density at radius 2 is 2.18 bits per heavy atom. The van der Waals surface area contributed by atoms with Gasteiger partial charge in [0.25, 0.3) is 0 Å². The van der Waals surface area contributed by atoms with E-state index in [4.69, 9.17) is 11.6 Å². The maximum atomic E-state index is 11.4. The van der Waals surface area contributed by atoms with E-state index in [-0.39, 0.29) is 16.3 Å². The van der Waals surface area contributed by atoms with Crippen LogP contribution in [0.15, 0.2) is 18.7 Å². The van der Waals surface area contributed by atoms with Gasteiger partial charge in [-0.2, -0.15) is 0 Å². The summed E-state index contributed by atoms with van der Waals surface area (Å²) in [6.45, 7) is 3.55. The zero-order valence-electron chi connectivity index (χ0n) is 9.10.